The van der Waals surface area contributed by atoms with Crippen LogP contribution in [0.1, 0.15) is 121 Å². The molecule has 1 nitrogen and oxygen atoms in total. The van der Waals surface area contributed by atoms with E-state index < -0.39 is 0 Å². The van der Waals surface area contributed by atoms with Gasteiger partial charge in [0.2, 0.25) is 0 Å². The molecule has 4 unspecified atom stereocenters. The summed E-state index contributed by atoms with van der Waals surface area (Å²) < 4.78 is 2.15. The van der Waals surface area contributed by atoms with Crippen molar-refractivity contribution in [2.75, 3.05) is 4.90 Å². The number of anilines is 3. The Labute approximate surface area is 337 Å². The summed E-state index contributed by atoms with van der Waals surface area (Å²) in [6, 6.07) is 39.2. The lowest BCUT2D eigenvalue weighted by molar-refractivity contribution is 0.408. The third-order valence-electron chi connectivity index (χ3n) is 11.3. The molecule has 3 heteroatoms. The molecule has 2 aliphatic rings. The SMILES string of the molecule is CC.CCC(CC(C)C)c1cc(-c2ccc(-c3ccc4c(c3)C3CC(=CC4C)CC(C)C3)cc2N(c2ccc(Br)cc2)c2ccc(Br)cc2)ccc1C. The van der Waals surface area contributed by atoms with Crippen molar-refractivity contribution in [2.24, 2.45) is 11.8 Å². The molecule has 2 bridgehead atoms. The van der Waals surface area contributed by atoms with E-state index >= 15 is 0 Å². The summed E-state index contributed by atoms with van der Waals surface area (Å²) in [6.07, 6.45) is 8.65. The zero-order valence-corrected chi connectivity index (χ0v) is 36.2. The summed E-state index contributed by atoms with van der Waals surface area (Å²) in [5.41, 5.74) is 16.1. The second-order valence-corrected chi connectivity index (χ2v) is 17.6. The molecule has 2 aliphatic carbocycles. The van der Waals surface area contributed by atoms with Gasteiger partial charge in [0, 0.05) is 25.9 Å². The van der Waals surface area contributed by atoms with Gasteiger partial charge in [0.05, 0.1) is 5.69 Å². The first-order chi connectivity index (χ1) is 25.6. The number of hydrogen-bond acceptors (Lipinski definition) is 1. The largest absolute Gasteiger partial charge is 0.310 e. The number of allylic oxidation sites excluding steroid dienone is 2. The van der Waals surface area contributed by atoms with Crippen LogP contribution in [0.25, 0.3) is 22.3 Å². The fourth-order valence-corrected chi connectivity index (χ4v) is 9.45. The van der Waals surface area contributed by atoms with Crippen LogP contribution in [0.2, 0.25) is 0 Å². The maximum Gasteiger partial charge on any atom is 0.0546 e. The molecule has 4 atom stereocenters. The summed E-state index contributed by atoms with van der Waals surface area (Å²) in [5.74, 6) is 2.99. The average Bonchev–Trinajstić information content (AvgIpc) is 3.25. The molecule has 0 spiro atoms. The third-order valence-corrected chi connectivity index (χ3v) is 12.4. The molecule has 0 amide bonds. The standard InChI is InChI=1S/C48H51Br2N.C2H6/c1-7-35(22-30(2)3)46-28-38(9-8-32(46)5)45-21-11-37(36-10-20-44-33(6)25-34-23-31(4)24-39(26-34)47(44)27-36)29-48(45)51(42-16-12-40(49)13-17-42)43-18-14-41(50)15-19-43;1-2/h8-21,25,27-31,33,35,39H,7,22-24,26H2,1-6H3;1-2H3. The molecule has 0 aliphatic heterocycles. The highest BCUT2D eigenvalue weighted by Crippen LogP contribution is 2.48. The summed E-state index contributed by atoms with van der Waals surface area (Å²) >= 11 is 7.39. The van der Waals surface area contributed by atoms with E-state index in [9.17, 15) is 0 Å². The maximum absolute atomic E-state index is 3.70. The van der Waals surface area contributed by atoms with Crippen LogP contribution in [0.5, 0.6) is 0 Å². The van der Waals surface area contributed by atoms with Crippen molar-refractivity contribution in [2.45, 2.75) is 105 Å². The van der Waals surface area contributed by atoms with Gasteiger partial charge in [-0.3, -0.25) is 0 Å². The van der Waals surface area contributed by atoms with Crippen molar-refractivity contribution < 1.29 is 0 Å². The predicted molar refractivity (Wildman–Crippen MR) is 238 cm³/mol. The fraction of sp³-hybridized carbons (Fsp3) is 0.360. The lowest BCUT2D eigenvalue weighted by Gasteiger charge is -2.30. The summed E-state index contributed by atoms with van der Waals surface area (Å²) in [4.78, 5) is 2.44. The molecule has 0 heterocycles. The first-order valence-corrected chi connectivity index (χ1v) is 21.6. The minimum absolute atomic E-state index is 0.459. The second-order valence-electron chi connectivity index (χ2n) is 15.7. The molecular weight excluding hydrogens is 774 g/mol. The molecule has 1 fully saturated rings. The number of aryl methyl sites for hydroxylation is 1. The number of fused-ring (bicyclic) bond motifs is 4. The average molecular weight is 832 g/mol. The zero-order valence-electron chi connectivity index (χ0n) is 33.0. The van der Waals surface area contributed by atoms with Gasteiger partial charge in [-0.05, 0) is 162 Å². The highest BCUT2D eigenvalue weighted by molar-refractivity contribution is 9.10. The van der Waals surface area contributed by atoms with Crippen molar-refractivity contribution in [3.8, 4) is 22.3 Å². The van der Waals surface area contributed by atoms with E-state index in [0.717, 1.165) is 32.7 Å². The molecule has 276 valence electrons. The minimum atomic E-state index is 0.459. The number of hydrogen-bond donors (Lipinski definition) is 0. The lowest BCUT2D eigenvalue weighted by Crippen LogP contribution is -2.13. The van der Waals surface area contributed by atoms with Gasteiger partial charge >= 0.3 is 0 Å². The van der Waals surface area contributed by atoms with E-state index in [4.69, 9.17) is 0 Å². The van der Waals surface area contributed by atoms with E-state index in [1.54, 1.807) is 11.1 Å². The van der Waals surface area contributed by atoms with Crippen molar-refractivity contribution in [3.63, 3.8) is 0 Å². The van der Waals surface area contributed by atoms with Gasteiger partial charge in [-0.25, -0.2) is 0 Å². The van der Waals surface area contributed by atoms with Crippen molar-refractivity contribution in [1.82, 2.24) is 0 Å². The number of rotatable bonds is 9. The first-order valence-electron chi connectivity index (χ1n) is 20.0. The predicted octanol–water partition coefficient (Wildman–Crippen LogP) is 16.8. The summed E-state index contributed by atoms with van der Waals surface area (Å²) in [7, 11) is 0. The van der Waals surface area contributed by atoms with Gasteiger partial charge in [-0.2, -0.15) is 0 Å². The zero-order chi connectivity index (χ0) is 37.8. The van der Waals surface area contributed by atoms with Crippen molar-refractivity contribution in [3.05, 3.63) is 146 Å². The fourth-order valence-electron chi connectivity index (χ4n) is 8.92. The quantitative estimate of drug-likeness (QED) is 0.134. The highest BCUT2D eigenvalue weighted by Gasteiger charge is 2.30. The third kappa shape index (κ3) is 8.79. The summed E-state index contributed by atoms with van der Waals surface area (Å²) in [5, 5.41) is 0. The van der Waals surface area contributed by atoms with E-state index in [1.807, 2.05) is 13.8 Å². The molecule has 0 aromatic heterocycles. The molecule has 5 aromatic carbocycles. The van der Waals surface area contributed by atoms with Crippen LogP contribution in [0.3, 0.4) is 0 Å². The van der Waals surface area contributed by atoms with E-state index in [1.165, 1.54) is 70.3 Å². The monoisotopic (exact) mass is 829 g/mol. The van der Waals surface area contributed by atoms with E-state index in [2.05, 4.69) is 188 Å². The molecule has 7 rings (SSSR count). The Balaban J connectivity index is 0.00000236. The second kappa shape index (κ2) is 17.4. The Kier molecular flexibility index (Phi) is 12.9. The maximum atomic E-state index is 3.70. The van der Waals surface area contributed by atoms with E-state index in [-0.39, 0.29) is 0 Å². The Morgan fingerprint density at radius 2 is 1.30 bits per heavy atom. The van der Waals surface area contributed by atoms with Crippen LogP contribution in [-0.2, 0) is 0 Å². The van der Waals surface area contributed by atoms with Crippen LogP contribution in [0.4, 0.5) is 17.1 Å². The molecule has 53 heavy (non-hydrogen) atoms. The van der Waals surface area contributed by atoms with Gasteiger partial charge in [-0.15, -0.1) is 0 Å². The number of nitrogens with zero attached hydrogens (tertiary/aromatic N) is 1. The van der Waals surface area contributed by atoms with Gasteiger partial charge in [0.25, 0.3) is 0 Å². The molecular formula is C50H57Br2N. The van der Waals surface area contributed by atoms with Gasteiger partial charge < -0.3 is 4.90 Å². The molecule has 0 N–H and O–H groups in total. The van der Waals surface area contributed by atoms with Crippen LogP contribution in [0.15, 0.2) is 124 Å². The van der Waals surface area contributed by atoms with Gasteiger partial charge in [0.1, 0.15) is 0 Å². The van der Waals surface area contributed by atoms with E-state index in [0.29, 0.717) is 23.7 Å². The molecule has 1 saturated carbocycles. The summed E-state index contributed by atoms with van der Waals surface area (Å²) in [6.45, 7) is 18.1. The molecule has 0 radical (unpaired) electrons. The van der Waals surface area contributed by atoms with Crippen LogP contribution < -0.4 is 4.90 Å². The lowest BCUT2D eigenvalue weighted by atomic mass is 9.76. The highest BCUT2D eigenvalue weighted by atomic mass is 79.9. The first kappa shape index (κ1) is 39.3. The topological polar surface area (TPSA) is 3.24 Å². The Bertz CT molecular complexity index is 1990. The van der Waals surface area contributed by atoms with Gasteiger partial charge in [0.15, 0.2) is 0 Å². The van der Waals surface area contributed by atoms with Crippen LogP contribution in [-0.4, -0.2) is 0 Å². The Morgan fingerprint density at radius 3 is 1.92 bits per heavy atom. The molecule has 5 aromatic rings. The van der Waals surface area contributed by atoms with Crippen LogP contribution >= 0.6 is 31.9 Å². The minimum Gasteiger partial charge on any atom is -0.310 e. The Hall–Kier alpha value is -3.40. The number of halogens is 2. The number of benzene rings is 5. The van der Waals surface area contributed by atoms with Crippen molar-refractivity contribution in [1.29, 1.82) is 0 Å². The van der Waals surface area contributed by atoms with Gasteiger partial charge in [-0.1, -0.05) is 141 Å². The normalized spacial score (nSPS) is 18.3. The smallest absolute Gasteiger partial charge is 0.0546 e. The molecule has 0 saturated heterocycles. The Morgan fingerprint density at radius 1 is 0.698 bits per heavy atom. The van der Waals surface area contributed by atoms with Crippen molar-refractivity contribution >= 4 is 48.9 Å². The van der Waals surface area contributed by atoms with Crippen LogP contribution in [0, 0.1) is 18.8 Å².